The van der Waals surface area contributed by atoms with Crippen molar-refractivity contribution in [3.63, 3.8) is 0 Å². The molecule has 0 aromatic heterocycles. The fraction of sp³-hybridized carbons (Fsp3) is 0.188. The Bertz CT molecular complexity index is 831. The summed E-state index contributed by atoms with van der Waals surface area (Å²) < 4.78 is 14.3. The fourth-order valence-corrected chi connectivity index (χ4v) is 2.58. The number of esters is 2. The van der Waals surface area contributed by atoms with Gasteiger partial charge < -0.3 is 14.2 Å². The quantitative estimate of drug-likeness (QED) is 0.353. The number of carbonyl (C=O) groups is 3. The molecule has 9 nitrogen and oxygen atoms in total. The lowest BCUT2D eigenvalue weighted by Crippen LogP contribution is -2.19. The Morgan fingerprint density at radius 2 is 1.92 bits per heavy atom. The largest absolute Gasteiger partial charge is 0.497 e. The van der Waals surface area contributed by atoms with Gasteiger partial charge in [0.1, 0.15) is 5.75 Å². The maximum absolute atomic E-state index is 11.7. The predicted molar refractivity (Wildman–Crippen MR) is 95.2 cm³/mol. The summed E-state index contributed by atoms with van der Waals surface area (Å²) in [5.41, 5.74) is 0.849. The molecule has 0 aliphatic carbocycles. The van der Waals surface area contributed by atoms with Crippen LogP contribution in [0.15, 0.2) is 39.4 Å². The number of thioether (sulfide) groups is 1. The van der Waals surface area contributed by atoms with Gasteiger partial charge in [0.05, 0.1) is 38.0 Å². The fourth-order valence-electron chi connectivity index (χ4n) is 1.84. The molecule has 0 radical (unpaired) electrons. The number of ether oxygens (including phenoxy) is 3. The Morgan fingerprint density at radius 3 is 2.58 bits per heavy atom. The molecule has 1 aliphatic rings. The van der Waals surface area contributed by atoms with Crippen molar-refractivity contribution in [1.82, 2.24) is 5.32 Å². The normalized spacial score (nSPS) is 16.8. The Balaban J connectivity index is 2.16. The Morgan fingerprint density at radius 1 is 1.15 bits per heavy atom. The van der Waals surface area contributed by atoms with Crippen LogP contribution in [-0.2, 0) is 19.1 Å². The van der Waals surface area contributed by atoms with E-state index in [2.05, 4.69) is 25.0 Å². The number of rotatable bonds is 5. The van der Waals surface area contributed by atoms with Gasteiger partial charge in [-0.05, 0) is 35.5 Å². The average Bonchev–Trinajstić information content (AvgIpc) is 2.99. The van der Waals surface area contributed by atoms with Crippen molar-refractivity contribution in [2.75, 3.05) is 21.3 Å². The van der Waals surface area contributed by atoms with Crippen molar-refractivity contribution in [3.8, 4) is 5.75 Å². The van der Waals surface area contributed by atoms with E-state index in [1.54, 1.807) is 12.1 Å². The number of benzene rings is 1. The van der Waals surface area contributed by atoms with Gasteiger partial charge in [0.2, 0.25) is 0 Å². The molecule has 1 aromatic rings. The molecule has 0 saturated carbocycles. The van der Waals surface area contributed by atoms with Gasteiger partial charge in [-0.2, -0.15) is 5.10 Å². The van der Waals surface area contributed by atoms with Crippen molar-refractivity contribution in [3.05, 3.63) is 40.3 Å². The van der Waals surface area contributed by atoms with Crippen LogP contribution >= 0.6 is 11.8 Å². The van der Waals surface area contributed by atoms with E-state index in [0.29, 0.717) is 16.9 Å². The molecule has 136 valence electrons. The summed E-state index contributed by atoms with van der Waals surface area (Å²) >= 11 is 0.954. The molecule has 1 aliphatic heterocycles. The number of hydrogen-bond acceptors (Lipinski definition) is 9. The van der Waals surface area contributed by atoms with Crippen molar-refractivity contribution >= 4 is 41.0 Å². The first-order chi connectivity index (χ1) is 12.5. The number of amides is 1. The first kappa shape index (κ1) is 19.2. The lowest BCUT2D eigenvalue weighted by Gasteiger charge is -2.04. The third-order valence-electron chi connectivity index (χ3n) is 3.04. The summed E-state index contributed by atoms with van der Waals surface area (Å²) in [6, 6.07) is 4.74. The zero-order chi connectivity index (χ0) is 19.1. The minimum absolute atomic E-state index is 0.153. The summed E-state index contributed by atoms with van der Waals surface area (Å²) in [6.45, 7) is 0. The highest BCUT2D eigenvalue weighted by Crippen LogP contribution is 2.23. The number of hydrogen-bond donors (Lipinski definition) is 1. The van der Waals surface area contributed by atoms with Crippen LogP contribution in [0.4, 0.5) is 0 Å². The van der Waals surface area contributed by atoms with Crippen LogP contribution in [0.3, 0.4) is 0 Å². The van der Waals surface area contributed by atoms with Crippen LogP contribution in [0.1, 0.15) is 15.9 Å². The highest BCUT2D eigenvalue weighted by molar-refractivity contribution is 8.18. The Hall–Kier alpha value is -3.14. The van der Waals surface area contributed by atoms with Crippen LogP contribution in [0, 0.1) is 0 Å². The van der Waals surface area contributed by atoms with Crippen LogP contribution < -0.4 is 10.1 Å². The van der Waals surface area contributed by atoms with E-state index < -0.39 is 17.8 Å². The van der Waals surface area contributed by atoms with Gasteiger partial charge in [0, 0.05) is 6.08 Å². The number of methoxy groups -OCH3 is 3. The Labute approximate surface area is 153 Å². The molecule has 1 fully saturated rings. The summed E-state index contributed by atoms with van der Waals surface area (Å²) in [7, 11) is 3.96. The summed E-state index contributed by atoms with van der Waals surface area (Å²) in [5, 5.41) is 10.4. The average molecular weight is 377 g/mol. The number of nitrogens with one attached hydrogen (secondary N) is 1. The zero-order valence-corrected chi connectivity index (χ0v) is 15.0. The van der Waals surface area contributed by atoms with E-state index in [0.717, 1.165) is 17.8 Å². The molecule has 1 heterocycles. The summed E-state index contributed by atoms with van der Waals surface area (Å²) in [6.07, 6.45) is 2.45. The lowest BCUT2D eigenvalue weighted by atomic mass is 10.1. The molecule has 1 saturated heterocycles. The second kappa shape index (κ2) is 8.81. The van der Waals surface area contributed by atoms with Gasteiger partial charge >= 0.3 is 11.9 Å². The lowest BCUT2D eigenvalue weighted by molar-refractivity contribution is -0.135. The van der Waals surface area contributed by atoms with E-state index in [1.807, 2.05) is 0 Å². The minimum atomic E-state index is -0.640. The first-order valence-electron chi connectivity index (χ1n) is 7.14. The van der Waals surface area contributed by atoms with Crippen LogP contribution in [0.5, 0.6) is 5.75 Å². The second-order valence-corrected chi connectivity index (χ2v) is 5.75. The standard InChI is InChI=1S/C16H15N3O6S/c1-23-11-5-9(4-10(6-11)15(22)25-3)8-17-19-16-18-14(21)12(26-16)7-13(20)24-2/h4-8H,1-3H3,(H,18,19,21)/b12-7+,17-8?. The molecule has 0 bridgehead atoms. The summed E-state index contributed by atoms with van der Waals surface area (Å²) in [4.78, 5) is 34.7. The predicted octanol–water partition coefficient (Wildman–Crippen LogP) is 1.09. The topological polar surface area (TPSA) is 116 Å². The van der Waals surface area contributed by atoms with E-state index in [4.69, 9.17) is 4.74 Å². The highest BCUT2D eigenvalue weighted by Gasteiger charge is 2.25. The molecular weight excluding hydrogens is 362 g/mol. The minimum Gasteiger partial charge on any atom is -0.497 e. The maximum Gasteiger partial charge on any atom is 0.338 e. The van der Waals surface area contributed by atoms with Gasteiger partial charge in [-0.3, -0.25) is 10.1 Å². The monoisotopic (exact) mass is 377 g/mol. The van der Waals surface area contributed by atoms with Crippen molar-refractivity contribution in [2.45, 2.75) is 0 Å². The number of carbonyl (C=O) groups excluding carboxylic acids is 3. The van der Waals surface area contributed by atoms with Gasteiger partial charge in [-0.25, -0.2) is 9.59 Å². The van der Waals surface area contributed by atoms with Crippen molar-refractivity contribution < 1.29 is 28.6 Å². The molecule has 1 aromatic carbocycles. The molecular formula is C16H15N3O6S. The Kier molecular flexibility index (Phi) is 6.50. The molecule has 0 atom stereocenters. The molecule has 26 heavy (non-hydrogen) atoms. The second-order valence-electron chi connectivity index (χ2n) is 4.72. The number of nitrogens with zero attached hydrogens (tertiary/aromatic N) is 2. The smallest absolute Gasteiger partial charge is 0.338 e. The van der Waals surface area contributed by atoms with Crippen molar-refractivity contribution in [2.24, 2.45) is 10.2 Å². The molecule has 1 N–H and O–H groups in total. The van der Waals surface area contributed by atoms with Crippen LogP contribution in [0.2, 0.25) is 0 Å². The van der Waals surface area contributed by atoms with Gasteiger partial charge in [-0.1, -0.05) is 0 Å². The molecule has 1 amide bonds. The highest BCUT2D eigenvalue weighted by atomic mass is 32.2. The molecule has 0 spiro atoms. The van der Waals surface area contributed by atoms with Crippen LogP contribution in [0.25, 0.3) is 0 Å². The summed E-state index contributed by atoms with van der Waals surface area (Å²) in [5.74, 6) is -1.17. The van der Waals surface area contributed by atoms with Gasteiger partial charge in [0.15, 0.2) is 5.17 Å². The van der Waals surface area contributed by atoms with E-state index in [-0.39, 0.29) is 10.1 Å². The molecule has 10 heteroatoms. The SMILES string of the molecule is COC(=O)/C=C1/S/C(=N\N=Cc2cc(OC)cc(C(=O)OC)c2)NC1=O. The third-order valence-corrected chi connectivity index (χ3v) is 3.94. The van der Waals surface area contributed by atoms with Gasteiger partial charge in [0.25, 0.3) is 5.91 Å². The van der Waals surface area contributed by atoms with E-state index >= 15 is 0 Å². The van der Waals surface area contributed by atoms with Crippen molar-refractivity contribution in [1.29, 1.82) is 0 Å². The van der Waals surface area contributed by atoms with E-state index in [9.17, 15) is 14.4 Å². The maximum atomic E-state index is 11.7. The first-order valence-corrected chi connectivity index (χ1v) is 7.95. The van der Waals surface area contributed by atoms with E-state index in [1.165, 1.54) is 33.6 Å². The molecule has 2 rings (SSSR count). The number of amidine groups is 1. The van der Waals surface area contributed by atoms with Gasteiger partial charge in [-0.15, -0.1) is 5.10 Å². The zero-order valence-electron chi connectivity index (χ0n) is 14.1. The third kappa shape index (κ3) is 4.93. The molecule has 0 unspecified atom stereocenters. The van der Waals surface area contributed by atoms with Crippen LogP contribution in [-0.4, -0.2) is 50.6 Å².